The first-order chi connectivity index (χ1) is 16.1. The maximum Gasteiger partial charge on any atom is 0.356 e. The van der Waals surface area contributed by atoms with E-state index in [-0.39, 0.29) is 23.3 Å². The van der Waals surface area contributed by atoms with Crippen molar-refractivity contribution in [1.82, 2.24) is 9.97 Å². The van der Waals surface area contributed by atoms with Crippen LogP contribution in [0.5, 0.6) is 11.5 Å². The number of hydrogen-bond donors (Lipinski definition) is 0. The number of hydrogen-bond acceptors (Lipinski definition) is 7. The normalized spacial score (nSPS) is 14.5. The lowest BCUT2D eigenvalue weighted by Gasteiger charge is -2.07. The Morgan fingerprint density at radius 3 is 2.58 bits per heavy atom. The van der Waals surface area contributed by atoms with Crippen molar-refractivity contribution in [2.45, 2.75) is 12.8 Å². The van der Waals surface area contributed by atoms with Gasteiger partial charge in [0.05, 0.1) is 13.3 Å². The molecule has 4 aromatic rings. The molecule has 1 aliphatic carbocycles. The maximum absolute atomic E-state index is 13.1. The van der Waals surface area contributed by atoms with E-state index in [9.17, 15) is 9.59 Å². The number of fused-ring (bicyclic) bond motifs is 1. The molecule has 0 spiro atoms. The van der Waals surface area contributed by atoms with Gasteiger partial charge in [0, 0.05) is 5.92 Å². The van der Waals surface area contributed by atoms with Crippen LogP contribution in [0, 0.1) is 5.92 Å². The molecule has 0 N–H and O–H groups in total. The Labute approximate surface area is 190 Å². The summed E-state index contributed by atoms with van der Waals surface area (Å²) < 4.78 is 16.3. The topological polar surface area (TPSA) is 91.5 Å². The predicted octanol–water partition coefficient (Wildman–Crippen LogP) is 4.91. The molecule has 164 valence electrons. The monoisotopic (exact) mass is 440 g/mol. The molecule has 7 nitrogen and oxygen atoms in total. The van der Waals surface area contributed by atoms with Crippen LogP contribution < -0.4 is 4.74 Å². The second kappa shape index (κ2) is 8.70. The SMILES string of the molecule is COC(=O)c1cccc(-c2cnc(C(=O)C3Cc4ccc(Oc5ccccc5)cc4C3)o2)n1. The van der Waals surface area contributed by atoms with Crippen LogP contribution in [0.1, 0.15) is 32.3 Å². The number of carbonyl (C=O) groups is 2. The molecule has 2 aromatic heterocycles. The fourth-order valence-electron chi connectivity index (χ4n) is 3.94. The molecule has 0 aliphatic heterocycles. The molecule has 0 radical (unpaired) electrons. The zero-order valence-electron chi connectivity index (χ0n) is 17.9. The highest BCUT2D eigenvalue weighted by Crippen LogP contribution is 2.33. The molecule has 0 fully saturated rings. The molecule has 1 atom stereocenters. The van der Waals surface area contributed by atoms with E-state index in [1.165, 1.54) is 13.3 Å². The van der Waals surface area contributed by atoms with Gasteiger partial charge in [0.25, 0.3) is 5.89 Å². The fourth-order valence-corrected chi connectivity index (χ4v) is 3.94. The third-order valence-electron chi connectivity index (χ3n) is 5.57. The van der Waals surface area contributed by atoms with Gasteiger partial charge in [0.2, 0.25) is 5.78 Å². The summed E-state index contributed by atoms with van der Waals surface area (Å²) in [6.07, 6.45) is 2.66. The van der Waals surface area contributed by atoms with Crippen molar-refractivity contribution in [3.8, 4) is 23.0 Å². The highest BCUT2D eigenvalue weighted by molar-refractivity contribution is 5.95. The van der Waals surface area contributed by atoms with Crippen molar-refractivity contribution in [3.05, 3.63) is 95.6 Å². The zero-order valence-corrected chi connectivity index (χ0v) is 17.9. The van der Waals surface area contributed by atoms with Crippen molar-refractivity contribution in [2.24, 2.45) is 5.92 Å². The lowest BCUT2D eigenvalue weighted by Crippen LogP contribution is -2.15. The van der Waals surface area contributed by atoms with E-state index >= 15 is 0 Å². The zero-order chi connectivity index (χ0) is 22.8. The first kappa shape index (κ1) is 20.6. The Morgan fingerprint density at radius 2 is 1.76 bits per heavy atom. The number of benzene rings is 2. The summed E-state index contributed by atoms with van der Waals surface area (Å²) in [5.74, 6) is 0.891. The highest BCUT2D eigenvalue weighted by atomic mass is 16.5. The van der Waals surface area contributed by atoms with Gasteiger partial charge in [-0.2, -0.15) is 0 Å². The number of carbonyl (C=O) groups excluding carboxylic acids is 2. The predicted molar refractivity (Wildman–Crippen MR) is 119 cm³/mol. The van der Waals surface area contributed by atoms with Gasteiger partial charge in [-0.15, -0.1) is 0 Å². The lowest BCUT2D eigenvalue weighted by atomic mass is 10.0. The molecule has 33 heavy (non-hydrogen) atoms. The van der Waals surface area contributed by atoms with E-state index in [0.717, 1.165) is 22.6 Å². The largest absolute Gasteiger partial charge is 0.464 e. The van der Waals surface area contributed by atoms with E-state index in [4.69, 9.17) is 13.9 Å². The number of esters is 1. The minimum atomic E-state index is -0.549. The van der Waals surface area contributed by atoms with Gasteiger partial charge < -0.3 is 13.9 Å². The number of oxazole rings is 1. The highest BCUT2D eigenvalue weighted by Gasteiger charge is 2.31. The smallest absolute Gasteiger partial charge is 0.356 e. The van der Waals surface area contributed by atoms with E-state index in [1.807, 2.05) is 48.5 Å². The number of pyridine rings is 1. The number of ether oxygens (including phenoxy) is 2. The molecular formula is C26H20N2O5. The summed E-state index contributed by atoms with van der Waals surface area (Å²) in [5, 5.41) is 0. The van der Waals surface area contributed by atoms with E-state index in [2.05, 4.69) is 9.97 Å². The van der Waals surface area contributed by atoms with Crippen LogP contribution in [0.4, 0.5) is 0 Å². The molecule has 1 aliphatic rings. The van der Waals surface area contributed by atoms with Crippen LogP contribution in [-0.4, -0.2) is 28.8 Å². The molecule has 0 saturated heterocycles. The van der Waals surface area contributed by atoms with Crippen LogP contribution >= 0.6 is 0 Å². The van der Waals surface area contributed by atoms with Crippen LogP contribution in [0.2, 0.25) is 0 Å². The van der Waals surface area contributed by atoms with Crippen molar-refractivity contribution in [2.75, 3.05) is 7.11 Å². The standard InChI is InChI=1S/C26H20N2O5/c1-31-26(30)22-9-5-8-21(28-22)23-15-27-25(33-23)24(29)18-12-16-10-11-20(14-17(16)13-18)32-19-6-3-2-4-7-19/h2-11,14-15,18H,12-13H2,1H3. The van der Waals surface area contributed by atoms with Gasteiger partial charge in [-0.3, -0.25) is 4.79 Å². The van der Waals surface area contributed by atoms with E-state index in [1.54, 1.807) is 18.2 Å². The average Bonchev–Trinajstić information content (AvgIpc) is 3.51. The Kier molecular flexibility index (Phi) is 5.44. The van der Waals surface area contributed by atoms with Gasteiger partial charge >= 0.3 is 5.97 Å². The molecule has 7 heteroatoms. The molecule has 0 bridgehead atoms. The summed E-state index contributed by atoms with van der Waals surface area (Å²) in [6, 6.07) is 20.4. The Morgan fingerprint density at radius 1 is 0.939 bits per heavy atom. The third kappa shape index (κ3) is 4.25. The first-order valence-electron chi connectivity index (χ1n) is 10.5. The molecule has 5 rings (SSSR count). The van der Waals surface area contributed by atoms with Gasteiger partial charge in [-0.05, 0) is 60.4 Å². The van der Waals surface area contributed by atoms with Gasteiger partial charge in [0.1, 0.15) is 22.9 Å². The molecule has 0 saturated carbocycles. The second-order valence-corrected chi connectivity index (χ2v) is 7.74. The summed E-state index contributed by atoms with van der Waals surface area (Å²) in [7, 11) is 1.29. The Bertz CT molecular complexity index is 1330. The number of methoxy groups -OCH3 is 1. The van der Waals surface area contributed by atoms with Gasteiger partial charge in [0.15, 0.2) is 5.76 Å². The van der Waals surface area contributed by atoms with Gasteiger partial charge in [-0.25, -0.2) is 14.8 Å². The first-order valence-corrected chi connectivity index (χ1v) is 10.5. The van der Waals surface area contributed by atoms with Crippen molar-refractivity contribution in [1.29, 1.82) is 0 Å². The summed E-state index contributed by atoms with van der Waals surface area (Å²) in [5.41, 5.74) is 2.76. The third-order valence-corrected chi connectivity index (χ3v) is 5.57. The number of aromatic nitrogens is 2. The average molecular weight is 440 g/mol. The number of para-hydroxylation sites is 1. The summed E-state index contributed by atoms with van der Waals surface area (Å²) in [6.45, 7) is 0. The molecule has 1 unspecified atom stereocenters. The minimum absolute atomic E-state index is 0.0360. The van der Waals surface area contributed by atoms with Crippen LogP contribution in [-0.2, 0) is 17.6 Å². The number of nitrogens with zero attached hydrogens (tertiary/aromatic N) is 2. The van der Waals surface area contributed by atoms with Crippen molar-refractivity contribution in [3.63, 3.8) is 0 Å². The van der Waals surface area contributed by atoms with Crippen LogP contribution in [0.25, 0.3) is 11.5 Å². The fraction of sp³-hybridized carbons (Fsp3) is 0.154. The molecular weight excluding hydrogens is 420 g/mol. The number of Topliss-reactive ketones (excluding diaryl/α,β-unsaturated/α-hetero) is 1. The minimum Gasteiger partial charge on any atom is -0.464 e. The Balaban J connectivity index is 1.30. The number of ketones is 1. The summed E-state index contributed by atoms with van der Waals surface area (Å²) >= 11 is 0. The van der Waals surface area contributed by atoms with Crippen LogP contribution in [0.3, 0.4) is 0 Å². The quantitative estimate of drug-likeness (QED) is 0.311. The summed E-state index contributed by atoms with van der Waals surface area (Å²) in [4.78, 5) is 33.2. The molecule has 2 heterocycles. The van der Waals surface area contributed by atoms with E-state index in [0.29, 0.717) is 24.3 Å². The van der Waals surface area contributed by atoms with Crippen molar-refractivity contribution >= 4 is 11.8 Å². The molecule has 2 aromatic carbocycles. The Hall–Kier alpha value is -4.26. The second-order valence-electron chi connectivity index (χ2n) is 7.74. The van der Waals surface area contributed by atoms with Crippen molar-refractivity contribution < 1.29 is 23.5 Å². The lowest BCUT2D eigenvalue weighted by molar-refractivity contribution is 0.0594. The van der Waals surface area contributed by atoms with Crippen LogP contribution in [0.15, 0.2) is 77.3 Å². The van der Waals surface area contributed by atoms with E-state index < -0.39 is 5.97 Å². The number of rotatable bonds is 6. The van der Waals surface area contributed by atoms with Gasteiger partial charge in [-0.1, -0.05) is 30.3 Å². The molecule has 0 amide bonds. The maximum atomic E-state index is 13.1.